The van der Waals surface area contributed by atoms with Crippen LogP contribution in [0.5, 0.6) is 0 Å². The number of aromatic amines is 1. The Morgan fingerprint density at radius 2 is 1.93 bits per heavy atom. The first-order valence-electron chi connectivity index (χ1n) is 9.69. The second kappa shape index (κ2) is 7.94. The van der Waals surface area contributed by atoms with E-state index in [2.05, 4.69) is 21.6 Å². The average molecular weight is 368 g/mol. The second-order valence-electron chi connectivity index (χ2n) is 7.43. The number of halogens is 1. The highest BCUT2D eigenvalue weighted by Crippen LogP contribution is 2.28. The van der Waals surface area contributed by atoms with E-state index in [0.29, 0.717) is 5.92 Å². The summed E-state index contributed by atoms with van der Waals surface area (Å²) in [7, 11) is 0. The van der Waals surface area contributed by atoms with Gasteiger partial charge in [-0.2, -0.15) is 5.10 Å². The van der Waals surface area contributed by atoms with Crippen LogP contribution in [0.2, 0.25) is 0 Å². The lowest BCUT2D eigenvalue weighted by Crippen LogP contribution is -2.47. The molecule has 2 heterocycles. The predicted molar refractivity (Wildman–Crippen MR) is 103 cm³/mol. The number of benzene rings is 1. The molecule has 1 aromatic heterocycles. The van der Waals surface area contributed by atoms with E-state index in [4.69, 9.17) is 0 Å². The number of hydrogen-bond acceptors (Lipinski definition) is 2. The molecule has 142 valence electrons. The largest absolute Gasteiger partial charge is 0.335 e. The SMILES string of the molecule is O=C(NC1CC=C(c2ccc(F)cc2)CC1)N1CCC(c2ccn[nH]2)CC1. The first kappa shape index (κ1) is 17.8. The van der Waals surface area contributed by atoms with Crippen molar-refractivity contribution >= 4 is 11.6 Å². The molecular weight excluding hydrogens is 343 g/mol. The van der Waals surface area contributed by atoms with Crippen molar-refractivity contribution in [2.24, 2.45) is 0 Å². The van der Waals surface area contributed by atoms with Crippen LogP contribution in [0.1, 0.15) is 49.3 Å². The molecule has 6 heteroatoms. The standard InChI is InChI=1S/C21H25FN4O/c22-18-5-1-15(2-6-18)16-3-7-19(8-4-16)24-21(27)26-13-10-17(11-14-26)20-9-12-23-25-20/h1-3,5-6,9,12,17,19H,4,7-8,10-11,13-14H2,(H,23,25)(H,24,27). The molecule has 2 amide bonds. The van der Waals surface area contributed by atoms with Crippen molar-refractivity contribution in [2.45, 2.75) is 44.1 Å². The number of rotatable bonds is 3. The summed E-state index contributed by atoms with van der Waals surface area (Å²) >= 11 is 0. The number of nitrogens with zero attached hydrogens (tertiary/aromatic N) is 2. The molecule has 0 bridgehead atoms. The van der Waals surface area contributed by atoms with Gasteiger partial charge in [0.25, 0.3) is 0 Å². The number of H-pyrrole nitrogens is 1. The van der Waals surface area contributed by atoms with E-state index >= 15 is 0 Å². The lowest BCUT2D eigenvalue weighted by Gasteiger charge is -2.33. The quantitative estimate of drug-likeness (QED) is 0.858. The Morgan fingerprint density at radius 1 is 1.15 bits per heavy atom. The summed E-state index contributed by atoms with van der Waals surface area (Å²) in [5.41, 5.74) is 3.48. The summed E-state index contributed by atoms with van der Waals surface area (Å²) in [4.78, 5) is 14.5. The summed E-state index contributed by atoms with van der Waals surface area (Å²) in [6.07, 6.45) is 8.53. The van der Waals surface area contributed by atoms with E-state index in [9.17, 15) is 9.18 Å². The number of piperidine rings is 1. The van der Waals surface area contributed by atoms with Crippen molar-refractivity contribution in [1.82, 2.24) is 20.4 Å². The van der Waals surface area contributed by atoms with Crippen molar-refractivity contribution in [2.75, 3.05) is 13.1 Å². The molecule has 1 aliphatic carbocycles. The molecule has 5 nitrogen and oxygen atoms in total. The summed E-state index contributed by atoms with van der Waals surface area (Å²) in [6.45, 7) is 1.55. The zero-order chi connectivity index (χ0) is 18.6. The maximum atomic E-state index is 13.1. The van der Waals surface area contributed by atoms with Gasteiger partial charge in [-0.3, -0.25) is 5.10 Å². The van der Waals surface area contributed by atoms with E-state index in [1.165, 1.54) is 23.4 Å². The highest BCUT2D eigenvalue weighted by Gasteiger charge is 2.26. The van der Waals surface area contributed by atoms with Crippen molar-refractivity contribution in [3.8, 4) is 0 Å². The zero-order valence-electron chi connectivity index (χ0n) is 15.3. The predicted octanol–water partition coefficient (Wildman–Crippen LogP) is 4.07. The first-order valence-corrected chi connectivity index (χ1v) is 9.69. The fourth-order valence-electron chi connectivity index (χ4n) is 4.04. The van der Waals surface area contributed by atoms with E-state index in [1.54, 1.807) is 6.20 Å². The Morgan fingerprint density at radius 3 is 2.56 bits per heavy atom. The Balaban J connectivity index is 1.26. The van der Waals surface area contributed by atoms with Gasteiger partial charge < -0.3 is 10.2 Å². The van der Waals surface area contributed by atoms with Gasteiger partial charge in [0.2, 0.25) is 0 Å². The fraction of sp³-hybridized carbons (Fsp3) is 0.429. The smallest absolute Gasteiger partial charge is 0.317 e. The molecule has 0 saturated carbocycles. The van der Waals surface area contributed by atoms with Gasteiger partial charge in [0.15, 0.2) is 0 Å². The monoisotopic (exact) mass is 368 g/mol. The fourth-order valence-corrected chi connectivity index (χ4v) is 4.04. The van der Waals surface area contributed by atoms with Gasteiger partial charge in [-0.25, -0.2) is 9.18 Å². The van der Waals surface area contributed by atoms with Crippen LogP contribution >= 0.6 is 0 Å². The zero-order valence-corrected chi connectivity index (χ0v) is 15.3. The van der Waals surface area contributed by atoms with Crippen molar-refractivity contribution in [3.05, 3.63) is 59.7 Å². The van der Waals surface area contributed by atoms with Crippen LogP contribution < -0.4 is 5.32 Å². The van der Waals surface area contributed by atoms with Gasteiger partial charge in [-0.15, -0.1) is 0 Å². The number of allylic oxidation sites excluding steroid dienone is 1. The van der Waals surface area contributed by atoms with E-state index in [0.717, 1.165) is 50.8 Å². The lowest BCUT2D eigenvalue weighted by atomic mass is 9.90. The number of amides is 2. The maximum Gasteiger partial charge on any atom is 0.317 e. The summed E-state index contributed by atoms with van der Waals surface area (Å²) in [5, 5.41) is 10.2. The Labute approximate surface area is 158 Å². The highest BCUT2D eigenvalue weighted by atomic mass is 19.1. The third kappa shape index (κ3) is 4.21. The van der Waals surface area contributed by atoms with Gasteiger partial charge in [-0.05, 0) is 61.4 Å². The molecule has 2 aromatic rings. The number of hydrogen-bond donors (Lipinski definition) is 2. The van der Waals surface area contributed by atoms with Crippen molar-refractivity contribution < 1.29 is 9.18 Å². The minimum Gasteiger partial charge on any atom is -0.335 e. The third-order valence-corrected chi connectivity index (χ3v) is 5.70. The van der Waals surface area contributed by atoms with E-state index in [-0.39, 0.29) is 17.9 Å². The topological polar surface area (TPSA) is 61.0 Å². The van der Waals surface area contributed by atoms with E-state index in [1.807, 2.05) is 23.1 Å². The first-order chi connectivity index (χ1) is 13.2. The van der Waals surface area contributed by atoms with Crippen LogP contribution in [-0.4, -0.2) is 40.3 Å². The second-order valence-corrected chi connectivity index (χ2v) is 7.43. The van der Waals surface area contributed by atoms with Crippen molar-refractivity contribution in [1.29, 1.82) is 0 Å². The molecule has 27 heavy (non-hydrogen) atoms. The highest BCUT2D eigenvalue weighted by molar-refractivity contribution is 5.75. The molecule has 1 aromatic carbocycles. The minimum atomic E-state index is -0.211. The number of carbonyl (C=O) groups excluding carboxylic acids is 1. The maximum absolute atomic E-state index is 13.1. The molecule has 0 radical (unpaired) electrons. The van der Waals surface area contributed by atoms with E-state index < -0.39 is 0 Å². The van der Waals surface area contributed by atoms with Crippen molar-refractivity contribution in [3.63, 3.8) is 0 Å². The molecule has 1 unspecified atom stereocenters. The Bertz CT molecular complexity index is 792. The molecule has 1 aliphatic heterocycles. The molecule has 4 rings (SSSR count). The van der Waals surface area contributed by atoms with Crippen LogP contribution in [0.25, 0.3) is 5.57 Å². The third-order valence-electron chi connectivity index (χ3n) is 5.70. The number of aromatic nitrogens is 2. The van der Waals surface area contributed by atoms with Crippen LogP contribution in [0, 0.1) is 5.82 Å². The van der Waals surface area contributed by atoms with Gasteiger partial charge in [0.05, 0.1) is 0 Å². The van der Waals surface area contributed by atoms with Crippen LogP contribution in [0.3, 0.4) is 0 Å². The van der Waals surface area contributed by atoms with Gasteiger partial charge in [0.1, 0.15) is 5.82 Å². The molecular formula is C21H25FN4O. The number of nitrogens with one attached hydrogen (secondary N) is 2. The molecule has 2 N–H and O–H groups in total. The Hall–Kier alpha value is -2.63. The number of likely N-dealkylation sites (tertiary alicyclic amines) is 1. The van der Waals surface area contributed by atoms with Gasteiger partial charge in [0, 0.05) is 36.9 Å². The summed E-state index contributed by atoms with van der Waals surface area (Å²) in [6, 6.07) is 8.88. The summed E-state index contributed by atoms with van der Waals surface area (Å²) in [5.74, 6) is 0.254. The van der Waals surface area contributed by atoms with Crippen LogP contribution in [-0.2, 0) is 0 Å². The van der Waals surface area contributed by atoms with Gasteiger partial charge >= 0.3 is 6.03 Å². The molecule has 1 atom stereocenters. The average Bonchev–Trinajstić information content (AvgIpc) is 3.24. The Kier molecular flexibility index (Phi) is 5.23. The number of carbonyl (C=O) groups is 1. The molecule has 2 aliphatic rings. The van der Waals surface area contributed by atoms with Crippen LogP contribution in [0.15, 0.2) is 42.6 Å². The number of urea groups is 1. The van der Waals surface area contributed by atoms with Crippen LogP contribution in [0.4, 0.5) is 9.18 Å². The molecule has 1 saturated heterocycles. The molecule has 0 spiro atoms. The van der Waals surface area contributed by atoms with Gasteiger partial charge in [-0.1, -0.05) is 18.2 Å². The summed E-state index contributed by atoms with van der Waals surface area (Å²) < 4.78 is 13.1. The molecule has 1 fully saturated rings. The minimum absolute atomic E-state index is 0.0432. The normalized spacial score (nSPS) is 21.0. The lowest BCUT2D eigenvalue weighted by molar-refractivity contribution is 0.176.